The molecule has 2 heterocycles. The highest BCUT2D eigenvalue weighted by atomic mass is 35.5. The van der Waals surface area contributed by atoms with E-state index in [2.05, 4.69) is 0 Å². The number of rotatable bonds is 6. The van der Waals surface area contributed by atoms with E-state index in [9.17, 15) is 24.1 Å². The Hall–Kier alpha value is -3.63. The zero-order chi connectivity index (χ0) is 23.7. The van der Waals surface area contributed by atoms with Crippen LogP contribution in [0.1, 0.15) is 11.3 Å². The van der Waals surface area contributed by atoms with E-state index in [1.807, 2.05) is 0 Å². The highest BCUT2D eigenvalue weighted by Crippen LogP contribution is 2.37. The quantitative estimate of drug-likeness (QED) is 0.242. The summed E-state index contributed by atoms with van der Waals surface area (Å²) in [6, 6.07) is 11.0. The fraction of sp³-hybridized carbons (Fsp3) is 0.0909. The first-order chi connectivity index (χ1) is 15.8. The number of hydrogen-bond acceptors (Lipinski definition) is 7. The summed E-state index contributed by atoms with van der Waals surface area (Å²) in [6.45, 7) is -0.102. The number of halogens is 2. The molecular formula is C22H14ClFN2O6S. The van der Waals surface area contributed by atoms with E-state index in [0.717, 1.165) is 22.7 Å². The van der Waals surface area contributed by atoms with E-state index in [4.69, 9.17) is 20.8 Å². The van der Waals surface area contributed by atoms with Gasteiger partial charge in [0.05, 0.1) is 29.0 Å². The lowest BCUT2D eigenvalue weighted by atomic mass is 10.1. The second kappa shape index (κ2) is 9.08. The van der Waals surface area contributed by atoms with Gasteiger partial charge >= 0.3 is 0 Å². The average Bonchev–Trinajstić information content (AvgIpc) is 3.35. The Morgan fingerprint density at radius 1 is 1.21 bits per heavy atom. The van der Waals surface area contributed by atoms with E-state index in [-0.39, 0.29) is 27.9 Å². The number of benzene rings is 2. The van der Waals surface area contributed by atoms with Crippen molar-refractivity contribution in [3.05, 3.63) is 85.7 Å². The molecule has 1 aliphatic rings. The summed E-state index contributed by atoms with van der Waals surface area (Å²) in [4.78, 5) is 36.8. The van der Waals surface area contributed by atoms with Gasteiger partial charge in [0, 0.05) is 23.2 Å². The number of carbonyl (C=O) groups excluding carboxylic acids is 2. The van der Waals surface area contributed by atoms with Crippen molar-refractivity contribution < 1.29 is 28.1 Å². The third-order valence-electron chi connectivity index (χ3n) is 4.78. The van der Waals surface area contributed by atoms with Crippen molar-refractivity contribution in [1.82, 2.24) is 4.90 Å². The van der Waals surface area contributed by atoms with Crippen LogP contribution >= 0.6 is 23.4 Å². The third kappa shape index (κ3) is 4.62. The normalized spacial score (nSPS) is 14.9. The van der Waals surface area contributed by atoms with Crippen molar-refractivity contribution in [2.24, 2.45) is 0 Å². The molecule has 1 aromatic heterocycles. The van der Waals surface area contributed by atoms with Gasteiger partial charge in [0.1, 0.15) is 23.1 Å². The summed E-state index contributed by atoms with van der Waals surface area (Å²) in [5, 5.41) is 10.7. The van der Waals surface area contributed by atoms with Gasteiger partial charge in [-0.3, -0.25) is 24.6 Å². The van der Waals surface area contributed by atoms with Gasteiger partial charge in [-0.2, -0.15) is 0 Å². The summed E-state index contributed by atoms with van der Waals surface area (Å²) in [6.07, 6.45) is 1.41. The number of nitro groups is 1. The van der Waals surface area contributed by atoms with Gasteiger partial charge in [-0.05, 0) is 47.7 Å². The van der Waals surface area contributed by atoms with Gasteiger partial charge in [-0.15, -0.1) is 0 Å². The van der Waals surface area contributed by atoms with Crippen LogP contribution in [0, 0.1) is 15.9 Å². The smallest absolute Gasteiger partial charge is 0.293 e. The number of amides is 2. The molecule has 1 fully saturated rings. The monoisotopic (exact) mass is 488 g/mol. The molecule has 0 bridgehead atoms. The zero-order valence-electron chi connectivity index (χ0n) is 16.9. The Bertz CT molecular complexity index is 1320. The number of non-ortho nitro benzene ring substituents is 1. The van der Waals surface area contributed by atoms with Crippen LogP contribution in [0.4, 0.5) is 14.9 Å². The summed E-state index contributed by atoms with van der Waals surface area (Å²) < 4.78 is 24.3. The minimum atomic E-state index is -0.545. The van der Waals surface area contributed by atoms with Gasteiger partial charge in [-0.1, -0.05) is 17.7 Å². The summed E-state index contributed by atoms with van der Waals surface area (Å²) in [5.41, 5.74) is 0.661. The molecule has 3 aromatic rings. The molecule has 1 aliphatic heterocycles. The second-order valence-corrected chi connectivity index (χ2v) is 8.25. The number of carbonyl (C=O) groups is 2. The van der Waals surface area contributed by atoms with Crippen LogP contribution in [0.2, 0.25) is 5.02 Å². The topological polar surface area (TPSA) is 103 Å². The number of hydrogen-bond donors (Lipinski definition) is 0. The Kier molecular flexibility index (Phi) is 6.21. The van der Waals surface area contributed by atoms with E-state index in [0.29, 0.717) is 22.6 Å². The lowest BCUT2D eigenvalue weighted by Gasteiger charge is -2.13. The van der Waals surface area contributed by atoms with Crippen molar-refractivity contribution in [3.8, 4) is 17.1 Å². The number of imide groups is 1. The lowest BCUT2D eigenvalue weighted by molar-refractivity contribution is -0.384. The minimum Gasteiger partial charge on any atom is -0.496 e. The molecule has 4 rings (SSSR count). The van der Waals surface area contributed by atoms with Gasteiger partial charge in [-0.25, -0.2) is 4.39 Å². The highest BCUT2D eigenvalue weighted by molar-refractivity contribution is 8.18. The van der Waals surface area contributed by atoms with Gasteiger partial charge < -0.3 is 9.15 Å². The maximum absolute atomic E-state index is 13.3. The lowest BCUT2D eigenvalue weighted by Crippen LogP contribution is -2.27. The molecule has 0 atom stereocenters. The Labute approximate surface area is 195 Å². The standard InChI is InChI=1S/C22H14ClFN2O6S/c1-31-18-6-4-14(26(29)30)9-16(18)19-7-5-15(32-19)10-20-21(27)25(22(28)33-20)11-12-2-3-13(24)8-17(12)23/h2-10H,11H2,1H3/b20-10-. The molecule has 8 nitrogen and oxygen atoms in total. The fourth-order valence-corrected chi connectivity index (χ4v) is 4.21. The van der Waals surface area contributed by atoms with Gasteiger partial charge in [0.15, 0.2) is 0 Å². The van der Waals surface area contributed by atoms with E-state index < -0.39 is 21.9 Å². The maximum atomic E-state index is 13.3. The number of ether oxygens (including phenoxy) is 1. The number of nitrogens with zero attached hydrogens (tertiary/aromatic N) is 2. The van der Waals surface area contributed by atoms with E-state index in [1.54, 1.807) is 12.1 Å². The summed E-state index contributed by atoms with van der Waals surface area (Å²) in [5.74, 6) is -0.135. The minimum absolute atomic E-state index is 0.102. The molecule has 0 saturated carbocycles. The largest absolute Gasteiger partial charge is 0.496 e. The summed E-state index contributed by atoms with van der Waals surface area (Å²) in [7, 11) is 1.43. The Morgan fingerprint density at radius 2 is 2.00 bits per heavy atom. The first-order valence-corrected chi connectivity index (χ1v) is 10.6. The molecular weight excluding hydrogens is 475 g/mol. The van der Waals surface area contributed by atoms with Crippen LogP contribution in [0.15, 0.2) is 57.9 Å². The average molecular weight is 489 g/mol. The maximum Gasteiger partial charge on any atom is 0.293 e. The first kappa shape index (κ1) is 22.6. The molecule has 0 N–H and O–H groups in total. The predicted molar refractivity (Wildman–Crippen MR) is 120 cm³/mol. The molecule has 0 radical (unpaired) electrons. The molecule has 33 heavy (non-hydrogen) atoms. The molecule has 168 valence electrons. The van der Waals surface area contributed by atoms with Crippen LogP contribution in [0.25, 0.3) is 17.4 Å². The molecule has 1 saturated heterocycles. The van der Waals surface area contributed by atoms with Crippen molar-refractivity contribution in [2.75, 3.05) is 7.11 Å². The van der Waals surface area contributed by atoms with E-state index in [1.165, 1.54) is 43.5 Å². The SMILES string of the molecule is COc1ccc([N+](=O)[O-])cc1-c1ccc(/C=C2\SC(=O)N(Cc3ccc(F)cc3Cl)C2=O)o1. The highest BCUT2D eigenvalue weighted by Gasteiger charge is 2.35. The fourth-order valence-electron chi connectivity index (χ4n) is 3.16. The van der Waals surface area contributed by atoms with Crippen molar-refractivity contribution >= 4 is 46.3 Å². The van der Waals surface area contributed by atoms with Crippen LogP contribution in [-0.2, 0) is 11.3 Å². The first-order valence-electron chi connectivity index (χ1n) is 9.38. The van der Waals surface area contributed by atoms with Crippen LogP contribution in [0.5, 0.6) is 5.75 Å². The van der Waals surface area contributed by atoms with E-state index >= 15 is 0 Å². The van der Waals surface area contributed by atoms with Crippen LogP contribution in [-0.4, -0.2) is 28.1 Å². The Balaban J connectivity index is 1.59. The van der Waals surface area contributed by atoms with Crippen molar-refractivity contribution in [2.45, 2.75) is 6.54 Å². The number of nitro benzene ring substituents is 1. The molecule has 2 aromatic carbocycles. The van der Waals surface area contributed by atoms with Gasteiger partial charge in [0.25, 0.3) is 16.8 Å². The number of furan rings is 1. The third-order valence-corrected chi connectivity index (χ3v) is 6.04. The molecule has 0 unspecified atom stereocenters. The Morgan fingerprint density at radius 3 is 2.70 bits per heavy atom. The molecule has 2 amide bonds. The number of methoxy groups -OCH3 is 1. The van der Waals surface area contributed by atoms with Crippen LogP contribution < -0.4 is 4.74 Å². The second-order valence-electron chi connectivity index (χ2n) is 6.85. The predicted octanol–water partition coefficient (Wildman–Crippen LogP) is 5.89. The molecule has 0 spiro atoms. The van der Waals surface area contributed by atoms with Crippen molar-refractivity contribution in [1.29, 1.82) is 0 Å². The number of thioether (sulfide) groups is 1. The van der Waals surface area contributed by atoms with Crippen molar-refractivity contribution in [3.63, 3.8) is 0 Å². The molecule has 11 heteroatoms. The summed E-state index contributed by atoms with van der Waals surface area (Å²) >= 11 is 6.74. The van der Waals surface area contributed by atoms with Crippen LogP contribution in [0.3, 0.4) is 0 Å². The van der Waals surface area contributed by atoms with Gasteiger partial charge in [0.2, 0.25) is 0 Å². The molecule has 0 aliphatic carbocycles. The zero-order valence-corrected chi connectivity index (χ0v) is 18.5.